The SMILES string of the molecule is O=C(O)C1CCCC(Nc2nc(Cl)nc3[nH]ccc23)C1. The third-order valence-corrected chi connectivity index (χ3v) is 3.92. The summed E-state index contributed by atoms with van der Waals surface area (Å²) in [5.74, 6) is -0.332. The minimum atomic E-state index is -0.719. The Bertz CT molecular complexity index is 642. The Morgan fingerprint density at radius 1 is 1.45 bits per heavy atom. The van der Waals surface area contributed by atoms with Crippen LogP contribution in [0.1, 0.15) is 25.7 Å². The van der Waals surface area contributed by atoms with Crippen molar-refractivity contribution in [1.82, 2.24) is 15.0 Å². The number of aliphatic carboxylic acids is 1. The highest BCUT2D eigenvalue weighted by Gasteiger charge is 2.27. The third kappa shape index (κ3) is 2.56. The van der Waals surface area contributed by atoms with Gasteiger partial charge in [-0.15, -0.1) is 0 Å². The van der Waals surface area contributed by atoms with E-state index in [0.29, 0.717) is 17.9 Å². The van der Waals surface area contributed by atoms with Crippen LogP contribution in [0.4, 0.5) is 5.82 Å². The summed E-state index contributed by atoms with van der Waals surface area (Å²) in [6.45, 7) is 0. The lowest BCUT2D eigenvalue weighted by Crippen LogP contribution is -2.31. The molecule has 2 unspecified atom stereocenters. The van der Waals surface area contributed by atoms with E-state index in [2.05, 4.69) is 20.3 Å². The Hall–Kier alpha value is -1.82. The zero-order chi connectivity index (χ0) is 14.1. The largest absolute Gasteiger partial charge is 0.481 e. The number of aromatic nitrogens is 3. The van der Waals surface area contributed by atoms with E-state index in [1.807, 2.05) is 6.07 Å². The van der Waals surface area contributed by atoms with Gasteiger partial charge in [-0.2, -0.15) is 4.98 Å². The molecule has 0 spiro atoms. The second-order valence-electron chi connectivity index (χ2n) is 5.12. The van der Waals surface area contributed by atoms with Gasteiger partial charge in [0.2, 0.25) is 5.28 Å². The Morgan fingerprint density at radius 3 is 3.10 bits per heavy atom. The van der Waals surface area contributed by atoms with E-state index in [-0.39, 0.29) is 17.2 Å². The normalized spacial score (nSPS) is 22.9. The molecule has 7 heteroatoms. The van der Waals surface area contributed by atoms with Gasteiger partial charge in [0, 0.05) is 12.2 Å². The summed E-state index contributed by atoms with van der Waals surface area (Å²) in [6, 6.07) is 1.99. The highest BCUT2D eigenvalue weighted by molar-refractivity contribution is 6.28. The number of carboxylic acids is 1. The second-order valence-corrected chi connectivity index (χ2v) is 5.46. The molecule has 1 fully saturated rings. The number of H-pyrrole nitrogens is 1. The van der Waals surface area contributed by atoms with Crippen molar-refractivity contribution >= 4 is 34.4 Å². The van der Waals surface area contributed by atoms with Crippen molar-refractivity contribution in [2.45, 2.75) is 31.7 Å². The molecule has 2 aromatic heterocycles. The quantitative estimate of drug-likeness (QED) is 0.757. The lowest BCUT2D eigenvalue weighted by Gasteiger charge is -2.27. The molecule has 0 radical (unpaired) electrons. The number of nitrogens with one attached hydrogen (secondary N) is 2. The van der Waals surface area contributed by atoms with Crippen LogP contribution in [0, 0.1) is 5.92 Å². The highest BCUT2D eigenvalue weighted by atomic mass is 35.5. The molecule has 0 amide bonds. The number of aromatic amines is 1. The first-order chi connectivity index (χ1) is 9.63. The van der Waals surface area contributed by atoms with Crippen molar-refractivity contribution in [3.8, 4) is 0 Å². The number of halogens is 1. The topological polar surface area (TPSA) is 90.9 Å². The molecule has 2 atom stereocenters. The summed E-state index contributed by atoms with van der Waals surface area (Å²) in [5.41, 5.74) is 0.679. The van der Waals surface area contributed by atoms with Crippen molar-refractivity contribution < 1.29 is 9.90 Å². The molecule has 6 nitrogen and oxygen atoms in total. The average Bonchev–Trinajstić information content (AvgIpc) is 2.87. The molecule has 0 saturated heterocycles. The van der Waals surface area contributed by atoms with Gasteiger partial charge in [0.1, 0.15) is 11.5 Å². The molecule has 0 aromatic carbocycles. The molecular weight excluding hydrogens is 280 g/mol. The first-order valence-corrected chi connectivity index (χ1v) is 7.01. The van der Waals surface area contributed by atoms with Crippen LogP contribution in [0.3, 0.4) is 0 Å². The zero-order valence-corrected chi connectivity index (χ0v) is 11.5. The molecule has 0 aliphatic heterocycles. The monoisotopic (exact) mass is 294 g/mol. The van der Waals surface area contributed by atoms with Crippen molar-refractivity contribution in [3.63, 3.8) is 0 Å². The fraction of sp³-hybridized carbons (Fsp3) is 0.462. The fourth-order valence-corrected chi connectivity index (χ4v) is 2.93. The number of rotatable bonds is 3. The minimum absolute atomic E-state index is 0.105. The first kappa shape index (κ1) is 13.2. The van der Waals surface area contributed by atoms with Crippen LogP contribution in [-0.4, -0.2) is 32.1 Å². The van der Waals surface area contributed by atoms with Gasteiger partial charge in [0.05, 0.1) is 11.3 Å². The number of nitrogens with zero attached hydrogens (tertiary/aromatic N) is 2. The van der Waals surface area contributed by atoms with E-state index >= 15 is 0 Å². The van der Waals surface area contributed by atoms with E-state index in [4.69, 9.17) is 16.7 Å². The van der Waals surface area contributed by atoms with Crippen LogP contribution < -0.4 is 5.32 Å². The maximum Gasteiger partial charge on any atom is 0.306 e. The maximum absolute atomic E-state index is 11.1. The molecule has 3 rings (SSSR count). The van der Waals surface area contributed by atoms with Crippen molar-refractivity contribution in [3.05, 3.63) is 17.5 Å². The predicted octanol–water partition coefficient (Wildman–Crippen LogP) is 2.67. The number of carboxylic acid groups (broad SMARTS) is 1. The van der Waals surface area contributed by atoms with Crippen LogP contribution in [0.15, 0.2) is 12.3 Å². The van der Waals surface area contributed by atoms with Gasteiger partial charge in [-0.1, -0.05) is 6.42 Å². The summed E-state index contributed by atoms with van der Waals surface area (Å²) in [4.78, 5) is 22.4. The summed E-state index contributed by atoms with van der Waals surface area (Å²) in [7, 11) is 0. The smallest absolute Gasteiger partial charge is 0.306 e. The van der Waals surface area contributed by atoms with Crippen LogP contribution in [-0.2, 0) is 4.79 Å². The molecule has 106 valence electrons. The highest BCUT2D eigenvalue weighted by Crippen LogP contribution is 2.29. The van der Waals surface area contributed by atoms with Gasteiger partial charge in [-0.05, 0) is 36.9 Å². The first-order valence-electron chi connectivity index (χ1n) is 6.63. The Balaban J connectivity index is 1.82. The average molecular weight is 295 g/mol. The second kappa shape index (κ2) is 5.28. The fourth-order valence-electron chi connectivity index (χ4n) is 2.76. The van der Waals surface area contributed by atoms with Gasteiger partial charge in [0.25, 0.3) is 0 Å². The molecule has 2 heterocycles. The number of hydrogen-bond donors (Lipinski definition) is 3. The van der Waals surface area contributed by atoms with Gasteiger partial charge in [-0.3, -0.25) is 4.79 Å². The third-order valence-electron chi connectivity index (χ3n) is 3.75. The Morgan fingerprint density at radius 2 is 2.30 bits per heavy atom. The van der Waals surface area contributed by atoms with Gasteiger partial charge < -0.3 is 15.4 Å². The van der Waals surface area contributed by atoms with E-state index in [1.54, 1.807) is 6.20 Å². The number of hydrogen-bond acceptors (Lipinski definition) is 4. The summed E-state index contributed by atoms with van der Waals surface area (Å²) in [5, 5.41) is 13.5. The minimum Gasteiger partial charge on any atom is -0.481 e. The summed E-state index contributed by atoms with van der Waals surface area (Å²) >= 11 is 5.90. The van der Waals surface area contributed by atoms with Gasteiger partial charge in [0.15, 0.2) is 0 Å². The number of fused-ring (bicyclic) bond motifs is 1. The van der Waals surface area contributed by atoms with E-state index in [1.165, 1.54) is 0 Å². The van der Waals surface area contributed by atoms with Crippen molar-refractivity contribution in [1.29, 1.82) is 0 Å². The van der Waals surface area contributed by atoms with Gasteiger partial charge in [-0.25, -0.2) is 4.98 Å². The van der Waals surface area contributed by atoms with Crippen LogP contribution >= 0.6 is 11.6 Å². The molecule has 20 heavy (non-hydrogen) atoms. The van der Waals surface area contributed by atoms with Crippen LogP contribution in [0.2, 0.25) is 5.28 Å². The van der Waals surface area contributed by atoms with E-state index < -0.39 is 5.97 Å². The predicted molar refractivity (Wildman–Crippen MR) is 75.9 cm³/mol. The molecule has 1 saturated carbocycles. The molecule has 3 N–H and O–H groups in total. The van der Waals surface area contributed by atoms with Gasteiger partial charge >= 0.3 is 5.97 Å². The molecular formula is C13H15ClN4O2. The lowest BCUT2D eigenvalue weighted by atomic mass is 9.86. The lowest BCUT2D eigenvalue weighted by molar-refractivity contribution is -0.142. The molecule has 1 aliphatic rings. The van der Waals surface area contributed by atoms with Crippen molar-refractivity contribution in [2.24, 2.45) is 5.92 Å². The van der Waals surface area contributed by atoms with E-state index in [0.717, 1.165) is 24.6 Å². The maximum atomic E-state index is 11.1. The number of carbonyl (C=O) groups is 1. The van der Waals surface area contributed by atoms with Crippen molar-refractivity contribution in [2.75, 3.05) is 5.32 Å². The van der Waals surface area contributed by atoms with Crippen LogP contribution in [0.25, 0.3) is 11.0 Å². The summed E-state index contributed by atoms with van der Waals surface area (Å²) in [6.07, 6.45) is 4.99. The van der Waals surface area contributed by atoms with Crippen LogP contribution in [0.5, 0.6) is 0 Å². The van der Waals surface area contributed by atoms with E-state index in [9.17, 15) is 4.79 Å². The molecule has 1 aliphatic carbocycles. The molecule has 2 aromatic rings. The standard InChI is InChI=1S/C13H15ClN4O2/c14-13-17-10-9(4-5-15-10)11(18-13)16-8-3-1-2-7(6-8)12(19)20/h4-5,7-8H,1-3,6H2,(H,19,20)(H2,15,16,17,18). The Labute approximate surface area is 120 Å². The Kier molecular flexibility index (Phi) is 3.48. The number of anilines is 1. The zero-order valence-electron chi connectivity index (χ0n) is 10.8. The summed E-state index contributed by atoms with van der Waals surface area (Å²) < 4.78 is 0. The molecule has 0 bridgehead atoms.